The molecular formula is C18H32FIN4O. The van der Waals surface area contributed by atoms with Crippen molar-refractivity contribution < 1.29 is 9.13 Å². The maximum absolute atomic E-state index is 13.8. The lowest BCUT2D eigenvalue weighted by Gasteiger charge is -2.23. The van der Waals surface area contributed by atoms with Gasteiger partial charge in [0.2, 0.25) is 0 Å². The molecule has 0 spiro atoms. The fraction of sp³-hybridized carbons (Fsp3) is 0.611. The van der Waals surface area contributed by atoms with E-state index in [0.717, 1.165) is 24.6 Å². The second-order valence-corrected chi connectivity index (χ2v) is 6.74. The van der Waals surface area contributed by atoms with E-state index in [1.165, 1.54) is 13.2 Å². The summed E-state index contributed by atoms with van der Waals surface area (Å²) in [6, 6.07) is 5.01. The fourth-order valence-corrected chi connectivity index (χ4v) is 2.22. The lowest BCUT2D eigenvalue weighted by Crippen LogP contribution is -2.40. The number of benzene rings is 1. The molecule has 7 heteroatoms. The highest BCUT2D eigenvalue weighted by Crippen LogP contribution is 2.18. The Morgan fingerprint density at radius 3 is 2.52 bits per heavy atom. The van der Waals surface area contributed by atoms with Crippen molar-refractivity contribution in [3.63, 3.8) is 0 Å². The Hall–Kier alpha value is -1.09. The Morgan fingerprint density at radius 2 is 2.00 bits per heavy atom. The van der Waals surface area contributed by atoms with E-state index in [0.29, 0.717) is 13.1 Å². The van der Waals surface area contributed by atoms with Crippen molar-refractivity contribution in [1.82, 2.24) is 15.5 Å². The Bertz CT molecular complexity index is 546. The van der Waals surface area contributed by atoms with Gasteiger partial charge in [-0.05, 0) is 45.4 Å². The Morgan fingerprint density at radius 1 is 1.32 bits per heavy atom. The van der Waals surface area contributed by atoms with Gasteiger partial charge in [0.1, 0.15) is 0 Å². The smallest absolute Gasteiger partial charge is 0.194 e. The van der Waals surface area contributed by atoms with Crippen molar-refractivity contribution in [2.24, 2.45) is 4.99 Å². The molecule has 0 aliphatic heterocycles. The highest BCUT2D eigenvalue weighted by Gasteiger charge is 2.10. The van der Waals surface area contributed by atoms with Crippen molar-refractivity contribution in [3.8, 4) is 5.75 Å². The van der Waals surface area contributed by atoms with Crippen LogP contribution in [-0.2, 0) is 6.54 Å². The number of hydrogen-bond donors (Lipinski definition) is 2. The summed E-state index contributed by atoms with van der Waals surface area (Å²) in [6.45, 7) is 11.3. The van der Waals surface area contributed by atoms with Gasteiger partial charge in [0, 0.05) is 32.2 Å². The first kappa shape index (κ1) is 23.9. The van der Waals surface area contributed by atoms with Crippen LogP contribution in [0.15, 0.2) is 23.2 Å². The van der Waals surface area contributed by atoms with E-state index in [9.17, 15) is 4.39 Å². The van der Waals surface area contributed by atoms with Crippen molar-refractivity contribution in [1.29, 1.82) is 0 Å². The van der Waals surface area contributed by atoms with Crippen LogP contribution in [0.3, 0.4) is 0 Å². The number of guanidine groups is 1. The molecule has 0 aliphatic rings. The molecule has 1 aromatic rings. The predicted octanol–water partition coefficient (Wildman–Crippen LogP) is 3.24. The van der Waals surface area contributed by atoms with Gasteiger partial charge in [-0.3, -0.25) is 4.99 Å². The number of ether oxygens (including phenoxy) is 1. The van der Waals surface area contributed by atoms with E-state index >= 15 is 0 Å². The van der Waals surface area contributed by atoms with Gasteiger partial charge in [0.25, 0.3) is 0 Å². The van der Waals surface area contributed by atoms with Crippen LogP contribution >= 0.6 is 24.0 Å². The largest absolute Gasteiger partial charge is 0.494 e. The summed E-state index contributed by atoms with van der Waals surface area (Å²) in [5, 5.41) is 6.68. The molecule has 0 saturated carbocycles. The normalized spacial score (nSPS) is 11.7. The molecule has 1 rings (SSSR count). The summed E-state index contributed by atoms with van der Waals surface area (Å²) in [7, 11) is 3.41. The Labute approximate surface area is 168 Å². The number of methoxy groups -OCH3 is 1. The molecule has 0 bridgehead atoms. The number of halogens is 2. The molecule has 1 aromatic carbocycles. The minimum atomic E-state index is -0.347. The molecular weight excluding hydrogens is 434 g/mol. The quantitative estimate of drug-likeness (QED) is 0.281. The molecule has 0 fully saturated rings. The highest BCUT2D eigenvalue weighted by molar-refractivity contribution is 14.0. The second-order valence-electron chi connectivity index (χ2n) is 6.74. The zero-order valence-corrected chi connectivity index (χ0v) is 18.5. The number of nitrogens with zero attached hydrogens (tertiary/aromatic N) is 2. The van der Waals surface area contributed by atoms with Gasteiger partial charge in [-0.1, -0.05) is 6.07 Å². The minimum absolute atomic E-state index is 0. The maximum Gasteiger partial charge on any atom is 0.194 e. The first-order valence-corrected chi connectivity index (χ1v) is 8.33. The summed E-state index contributed by atoms with van der Waals surface area (Å²) in [5.74, 6) is 0.722. The zero-order chi connectivity index (χ0) is 18.2. The molecule has 0 unspecified atom stereocenters. The summed E-state index contributed by atoms with van der Waals surface area (Å²) >= 11 is 0. The molecule has 0 heterocycles. The van der Waals surface area contributed by atoms with E-state index in [4.69, 9.17) is 4.74 Å². The average Bonchev–Trinajstić information content (AvgIpc) is 2.49. The Balaban J connectivity index is 0.00000576. The van der Waals surface area contributed by atoms with Crippen molar-refractivity contribution in [2.75, 3.05) is 33.8 Å². The number of rotatable bonds is 7. The van der Waals surface area contributed by atoms with Crippen LogP contribution in [-0.4, -0.2) is 50.2 Å². The van der Waals surface area contributed by atoms with Crippen LogP contribution in [0.2, 0.25) is 0 Å². The van der Waals surface area contributed by atoms with E-state index in [1.54, 1.807) is 6.07 Å². The van der Waals surface area contributed by atoms with E-state index in [1.807, 2.05) is 24.9 Å². The summed E-state index contributed by atoms with van der Waals surface area (Å²) in [6.07, 6.45) is 0. The SMILES string of the molecule is CCNC(=NCCNC(C)(C)C)N(C)Cc1ccc(OC)c(F)c1.I. The van der Waals surface area contributed by atoms with E-state index in [-0.39, 0.29) is 41.1 Å². The lowest BCUT2D eigenvalue weighted by atomic mass is 10.1. The molecule has 2 N–H and O–H groups in total. The second kappa shape index (κ2) is 11.5. The van der Waals surface area contributed by atoms with Crippen LogP contribution in [0.4, 0.5) is 4.39 Å². The van der Waals surface area contributed by atoms with Crippen LogP contribution in [0.1, 0.15) is 33.3 Å². The topological polar surface area (TPSA) is 48.9 Å². The van der Waals surface area contributed by atoms with Gasteiger partial charge < -0.3 is 20.3 Å². The van der Waals surface area contributed by atoms with Gasteiger partial charge in [0.15, 0.2) is 17.5 Å². The number of hydrogen-bond acceptors (Lipinski definition) is 3. The van der Waals surface area contributed by atoms with Crippen molar-refractivity contribution >= 4 is 29.9 Å². The summed E-state index contributed by atoms with van der Waals surface area (Å²) in [4.78, 5) is 6.61. The highest BCUT2D eigenvalue weighted by atomic mass is 127. The zero-order valence-electron chi connectivity index (χ0n) is 16.1. The fourth-order valence-electron chi connectivity index (χ4n) is 2.22. The first-order chi connectivity index (χ1) is 11.3. The summed E-state index contributed by atoms with van der Waals surface area (Å²) < 4.78 is 18.8. The standard InChI is InChI=1S/C18H31FN4O.HI/c1-7-20-17(21-10-11-22-18(2,3)4)23(5)13-14-8-9-16(24-6)15(19)12-14;/h8-9,12,22H,7,10-11,13H2,1-6H3,(H,20,21);1H. The third-order valence-electron chi connectivity index (χ3n) is 3.36. The third-order valence-corrected chi connectivity index (χ3v) is 3.36. The monoisotopic (exact) mass is 466 g/mol. The van der Waals surface area contributed by atoms with E-state index < -0.39 is 0 Å². The first-order valence-electron chi connectivity index (χ1n) is 8.33. The van der Waals surface area contributed by atoms with Gasteiger partial charge in [-0.25, -0.2) is 4.39 Å². The van der Waals surface area contributed by atoms with Crippen LogP contribution < -0.4 is 15.4 Å². The summed E-state index contributed by atoms with van der Waals surface area (Å²) in [5.41, 5.74) is 0.953. The third kappa shape index (κ3) is 9.25. The molecule has 0 saturated heterocycles. The molecule has 0 atom stereocenters. The van der Waals surface area contributed by atoms with Crippen molar-refractivity contribution in [2.45, 2.75) is 39.8 Å². The Kier molecular flexibility index (Phi) is 11.0. The molecule has 0 radical (unpaired) electrons. The maximum atomic E-state index is 13.8. The number of aliphatic imine (C=N–C) groups is 1. The van der Waals surface area contributed by atoms with Crippen LogP contribution in [0, 0.1) is 5.82 Å². The predicted molar refractivity (Wildman–Crippen MR) is 114 cm³/mol. The average molecular weight is 466 g/mol. The van der Waals surface area contributed by atoms with Gasteiger partial charge in [-0.15, -0.1) is 24.0 Å². The molecule has 144 valence electrons. The molecule has 0 aromatic heterocycles. The van der Waals surface area contributed by atoms with Gasteiger partial charge in [0.05, 0.1) is 13.7 Å². The van der Waals surface area contributed by atoms with Crippen molar-refractivity contribution in [3.05, 3.63) is 29.6 Å². The van der Waals surface area contributed by atoms with E-state index in [2.05, 4.69) is 36.4 Å². The lowest BCUT2D eigenvalue weighted by molar-refractivity contribution is 0.385. The molecule has 5 nitrogen and oxygen atoms in total. The van der Waals surface area contributed by atoms with Crippen LogP contribution in [0.25, 0.3) is 0 Å². The molecule has 0 amide bonds. The van der Waals surface area contributed by atoms with Crippen LogP contribution in [0.5, 0.6) is 5.75 Å². The van der Waals surface area contributed by atoms with Gasteiger partial charge >= 0.3 is 0 Å². The molecule has 0 aliphatic carbocycles. The minimum Gasteiger partial charge on any atom is -0.494 e. The number of nitrogens with one attached hydrogen (secondary N) is 2. The van der Waals surface area contributed by atoms with Gasteiger partial charge in [-0.2, -0.15) is 0 Å². The molecule has 25 heavy (non-hydrogen) atoms.